The summed E-state index contributed by atoms with van der Waals surface area (Å²) in [5.41, 5.74) is 6.36. The number of rotatable bonds is 4. The van der Waals surface area contributed by atoms with Gasteiger partial charge in [0.05, 0.1) is 29.0 Å². The molecule has 0 aliphatic heterocycles. The molecule has 1 aromatic carbocycles. The maximum atomic E-state index is 13.8. The van der Waals surface area contributed by atoms with E-state index in [1.807, 2.05) is 6.92 Å². The molecular weight excluding hydrogens is 318 g/mol. The Morgan fingerprint density at radius 1 is 1.42 bits per heavy atom. The molecule has 0 spiro atoms. The first-order valence-corrected chi connectivity index (χ1v) is 6.60. The Morgan fingerprint density at radius 2 is 2.16 bits per heavy atom. The first-order chi connectivity index (χ1) is 9.02. The van der Waals surface area contributed by atoms with Crippen LogP contribution in [0, 0.1) is 11.6 Å². The highest BCUT2D eigenvalue weighted by Crippen LogP contribution is 2.22. The zero-order valence-corrected chi connectivity index (χ0v) is 11.9. The van der Waals surface area contributed by atoms with Crippen molar-refractivity contribution in [2.45, 2.75) is 25.9 Å². The third kappa shape index (κ3) is 2.98. The molecular formula is C12H13BrF2N4. The molecule has 2 aromatic rings. The van der Waals surface area contributed by atoms with E-state index in [0.717, 1.165) is 6.42 Å². The third-order valence-corrected chi connectivity index (χ3v) is 3.45. The van der Waals surface area contributed by atoms with Crippen molar-refractivity contribution in [1.82, 2.24) is 15.0 Å². The number of aromatic nitrogens is 3. The van der Waals surface area contributed by atoms with Crippen LogP contribution in [0.1, 0.15) is 30.6 Å². The number of benzene rings is 1. The van der Waals surface area contributed by atoms with Gasteiger partial charge in [-0.2, -0.15) is 0 Å². The number of hydrogen-bond donors (Lipinski definition) is 1. The summed E-state index contributed by atoms with van der Waals surface area (Å²) in [5, 5.41) is 7.73. The van der Waals surface area contributed by atoms with Gasteiger partial charge in [0.15, 0.2) is 0 Å². The first-order valence-electron chi connectivity index (χ1n) is 5.81. The van der Waals surface area contributed by atoms with Crippen LogP contribution in [0.2, 0.25) is 0 Å². The topological polar surface area (TPSA) is 56.7 Å². The van der Waals surface area contributed by atoms with Gasteiger partial charge in [-0.05, 0) is 34.5 Å². The van der Waals surface area contributed by atoms with E-state index in [0.29, 0.717) is 5.69 Å². The minimum absolute atomic E-state index is 0.0272. The molecule has 0 saturated heterocycles. The van der Waals surface area contributed by atoms with Gasteiger partial charge in [-0.25, -0.2) is 13.5 Å². The molecule has 1 unspecified atom stereocenters. The van der Waals surface area contributed by atoms with E-state index in [-0.39, 0.29) is 22.6 Å². The highest BCUT2D eigenvalue weighted by atomic mass is 79.9. The second-order valence-corrected chi connectivity index (χ2v) is 5.03. The van der Waals surface area contributed by atoms with Crippen LogP contribution in [0.15, 0.2) is 22.8 Å². The van der Waals surface area contributed by atoms with E-state index in [1.54, 1.807) is 6.20 Å². The zero-order valence-electron chi connectivity index (χ0n) is 10.3. The van der Waals surface area contributed by atoms with Crippen molar-refractivity contribution >= 4 is 15.9 Å². The number of hydrogen-bond acceptors (Lipinski definition) is 3. The van der Waals surface area contributed by atoms with E-state index in [4.69, 9.17) is 5.73 Å². The van der Waals surface area contributed by atoms with Gasteiger partial charge in [-0.1, -0.05) is 12.1 Å². The van der Waals surface area contributed by atoms with E-state index in [1.165, 1.54) is 16.8 Å². The van der Waals surface area contributed by atoms with Gasteiger partial charge in [0, 0.05) is 5.56 Å². The molecule has 7 heteroatoms. The summed E-state index contributed by atoms with van der Waals surface area (Å²) in [6, 6.07) is 2.32. The summed E-state index contributed by atoms with van der Waals surface area (Å²) in [7, 11) is 0. The lowest BCUT2D eigenvalue weighted by molar-refractivity contribution is 0.524. The van der Waals surface area contributed by atoms with E-state index in [9.17, 15) is 8.78 Å². The van der Waals surface area contributed by atoms with Crippen LogP contribution in [-0.2, 0) is 6.54 Å². The summed E-state index contributed by atoms with van der Waals surface area (Å²) in [6.45, 7) is 1.90. The zero-order chi connectivity index (χ0) is 14.0. The van der Waals surface area contributed by atoms with Gasteiger partial charge in [0.25, 0.3) is 0 Å². The van der Waals surface area contributed by atoms with Gasteiger partial charge in [-0.15, -0.1) is 5.10 Å². The molecule has 1 aromatic heterocycles. The minimum Gasteiger partial charge on any atom is -0.323 e. The fraction of sp³-hybridized carbons (Fsp3) is 0.333. The fourth-order valence-corrected chi connectivity index (χ4v) is 2.02. The highest BCUT2D eigenvalue weighted by molar-refractivity contribution is 9.10. The number of nitrogens with two attached hydrogens (primary N) is 1. The molecule has 0 amide bonds. The molecule has 19 heavy (non-hydrogen) atoms. The predicted molar refractivity (Wildman–Crippen MR) is 70.4 cm³/mol. The Balaban J connectivity index is 2.27. The second-order valence-electron chi connectivity index (χ2n) is 4.18. The predicted octanol–water partition coefficient (Wildman–Crippen LogP) is 2.78. The summed E-state index contributed by atoms with van der Waals surface area (Å²) in [6.07, 6.45) is 2.33. The molecule has 102 valence electrons. The van der Waals surface area contributed by atoms with Crippen LogP contribution in [-0.4, -0.2) is 15.0 Å². The number of nitrogens with zero attached hydrogens (tertiary/aromatic N) is 3. The summed E-state index contributed by atoms with van der Waals surface area (Å²) in [5.74, 6) is -1.24. The molecule has 0 aliphatic carbocycles. The molecule has 1 heterocycles. The second kappa shape index (κ2) is 5.75. The molecule has 1 atom stereocenters. The minimum atomic E-state index is -0.628. The Hall–Kier alpha value is -1.34. The Morgan fingerprint density at radius 3 is 2.84 bits per heavy atom. The van der Waals surface area contributed by atoms with Crippen LogP contribution < -0.4 is 5.73 Å². The Kier molecular flexibility index (Phi) is 4.26. The maximum absolute atomic E-state index is 13.8. The molecule has 4 nitrogen and oxygen atoms in total. The summed E-state index contributed by atoms with van der Waals surface area (Å²) in [4.78, 5) is 0. The van der Waals surface area contributed by atoms with Gasteiger partial charge < -0.3 is 5.73 Å². The average molecular weight is 331 g/mol. The first kappa shape index (κ1) is 14.1. The van der Waals surface area contributed by atoms with Crippen molar-refractivity contribution in [2.75, 3.05) is 0 Å². The van der Waals surface area contributed by atoms with Gasteiger partial charge in [0.2, 0.25) is 0 Å². The lowest BCUT2D eigenvalue weighted by Crippen LogP contribution is -2.09. The number of halogens is 3. The van der Waals surface area contributed by atoms with Crippen molar-refractivity contribution in [2.24, 2.45) is 5.73 Å². The molecule has 2 N–H and O–H groups in total. The highest BCUT2D eigenvalue weighted by Gasteiger charge is 2.15. The van der Waals surface area contributed by atoms with Crippen molar-refractivity contribution in [3.63, 3.8) is 0 Å². The lowest BCUT2D eigenvalue weighted by atomic mass is 10.2. The largest absolute Gasteiger partial charge is 0.323 e. The van der Waals surface area contributed by atoms with Crippen LogP contribution in [0.3, 0.4) is 0 Å². The molecule has 0 aliphatic rings. The Bertz CT molecular complexity index is 585. The molecule has 0 bridgehead atoms. The normalized spacial score (nSPS) is 12.7. The van der Waals surface area contributed by atoms with Crippen molar-refractivity contribution in [1.29, 1.82) is 0 Å². The van der Waals surface area contributed by atoms with Crippen LogP contribution in [0.4, 0.5) is 8.78 Å². The maximum Gasteiger partial charge on any atom is 0.145 e. The van der Waals surface area contributed by atoms with Gasteiger partial charge in [-0.3, -0.25) is 0 Å². The Labute approximate surface area is 117 Å². The fourth-order valence-electron chi connectivity index (χ4n) is 1.65. The molecule has 0 saturated carbocycles. The molecule has 0 radical (unpaired) electrons. The van der Waals surface area contributed by atoms with E-state index in [2.05, 4.69) is 26.2 Å². The van der Waals surface area contributed by atoms with Crippen molar-refractivity contribution in [3.05, 3.63) is 45.7 Å². The van der Waals surface area contributed by atoms with Crippen LogP contribution >= 0.6 is 15.9 Å². The van der Waals surface area contributed by atoms with Crippen LogP contribution in [0.25, 0.3) is 0 Å². The van der Waals surface area contributed by atoms with Crippen LogP contribution in [0.5, 0.6) is 0 Å². The third-order valence-electron chi connectivity index (χ3n) is 2.84. The lowest BCUT2D eigenvalue weighted by Gasteiger charge is -2.06. The molecule has 0 fully saturated rings. The van der Waals surface area contributed by atoms with Crippen molar-refractivity contribution < 1.29 is 8.78 Å². The average Bonchev–Trinajstić information content (AvgIpc) is 2.87. The van der Waals surface area contributed by atoms with E-state index >= 15 is 0 Å². The summed E-state index contributed by atoms with van der Waals surface area (Å²) < 4.78 is 29.0. The quantitative estimate of drug-likeness (QED) is 0.877. The smallest absolute Gasteiger partial charge is 0.145 e. The molecule has 2 rings (SSSR count). The van der Waals surface area contributed by atoms with Gasteiger partial charge >= 0.3 is 0 Å². The summed E-state index contributed by atoms with van der Waals surface area (Å²) >= 11 is 3.03. The SMILES string of the molecule is CCC(N)c1cn(Cc2c(F)ccc(Br)c2F)nn1. The monoisotopic (exact) mass is 330 g/mol. The standard InChI is InChI=1S/C12H13BrF2N4/c1-2-10(16)11-6-19(18-17-11)5-7-9(14)4-3-8(13)12(7)15/h3-4,6,10H,2,5,16H2,1H3. The van der Waals surface area contributed by atoms with E-state index < -0.39 is 11.6 Å². The van der Waals surface area contributed by atoms with Crippen molar-refractivity contribution in [3.8, 4) is 0 Å². The van der Waals surface area contributed by atoms with Gasteiger partial charge in [0.1, 0.15) is 11.6 Å².